The first-order valence-electron chi connectivity index (χ1n) is 12.8. The summed E-state index contributed by atoms with van der Waals surface area (Å²) in [6.45, 7) is 6.66. The van der Waals surface area contributed by atoms with Gasteiger partial charge in [-0.15, -0.1) is 0 Å². The number of aromatic hydroxyl groups is 1. The maximum Gasteiger partial charge on any atom is 0.235 e. The van der Waals surface area contributed by atoms with E-state index in [0.29, 0.717) is 23.6 Å². The van der Waals surface area contributed by atoms with Crippen molar-refractivity contribution < 1.29 is 39.3 Å². The Labute approximate surface area is 220 Å². The molecule has 11 heteroatoms. The second-order valence-electron chi connectivity index (χ2n) is 11.4. The molecule has 2 saturated carbocycles. The first-order valence-corrected chi connectivity index (χ1v) is 12.8. The number of carbonyl (C=O) groups excluding carboxylic acids is 5. The number of phenols is 1. The molecule has 0 aliphatic heterocycles. The molecule has 6 N–H and O–H groups in total. The van der Waals surface area contributed by atoms with Crippen LogP contribution in [0.5, 0.6) is 5.75 Å². The monoisotopic (exact) mass is 529 g/mol. The van der Waals surface area contributed by atoms with Gasteiger partial charge in [0.2, 0.25) is 5.91 Å². The number of ketones is 4. The predicted molar refractivity (Wildman–Crippen MR) is 134 cm³/mol. The van der Waals surface area contributed by atoms with Crippen LogP contribution in [0.4, 0.5) is 0 Å². The number of benzene rings is 1. The highest BCUT2D eigenvalue weighted by Crippen LogP contribution is 2.54. The normalized spacial score (nSPS) is 34.8. The molecular weight excluding hydrogens is 494 g/mol. The number of nitrogens with zero attached hydrogens (tertiary/aromatic N) is 1. The van der Waals surface area contributed by atoms with Crippen LogP contribution >= 0.6 is 0 Å². The van der Waals surface area contributed by atoms with Crippen LogP contribution in [0.1, 0.15) is 48.2 Å². The highest BCUT2D eigenvalue weighted by molar-refractivity contribution is 6.32. The van der Waals surface area contributed by atoms with Gasteiger partial charge in [0.05, 0.1) is 29.5 Å². The van der Waals surface area contributed by atoms with E-state index in [-0.39, 0.29) is 17.9 Å². The van der Waals surface area contributed by atoms with Crippen LogP contribution in [0.3, 0.4) is 0 Å². The minimum absolute atomic E-state index is 0.0971. The number of nitrogens with two attached hydrogens (primary N) is 1. The van der Waals surface area contributed by atoms with Gasteiger partial charge in [-0.1, -0.05) is 32.9 Å². The molecule has 0 aromatic heterocycles. The number of hydrogen-bond donors (Lipinski definition) is 5. The van der Waals surface area contributed by atoms with E-state index in [0.717, 1.165) is 0 Å². The molecule has 1 amide bonds. The Hall–Kier alpha value is -2.99. The molecule has 1 aromatic carbocycles. The highest BCUT2D eigenvalue weighted by atomic mass is 16.3. The zero-order valence-electron chi connectivity index (χ0n) is 22.1. The zero-order chi connectivity index (χ0) is 28.4. The number of phenolic OH excluding ortho intramolecular Hbond substituents is 1. The van der Waals surface area contributed by atoms with Crippen LogP contribution in [0.15, 0.2) is 12.1 Å². The zero-order valence-corrected chi connectivity index (χ0v) is 22.1. The van der Waals surface area contributed by atoms with Crippen LogP contribution < -0.4 is 11.1 Å². The number of amides is 1. The Morgan fingerprint density at radius 1 is 1.16 bits per heavy atom. The van der Waals surface area contributed by atoms with Crippen molar-refractivity contribution in [3.63, 3.8) is 0 Å². The quantitative estimate of drug-likeness (QED) is 0.290. The fraction of sp³-hybridized carbons (Fsp3) is 0.593. The number of Topliss-reactive ketones (excluding diaryl/α,β-unsaturated/α-hetero) is 4. The topological polar surface area (TPSA) is 187 Å². The lowest BCUT2D eigenvalue weighted by molar-refractivity contribution is -0.196. The lowest BCUT2D eigenvalue weighted by atomic mass is 9.49. The van der Waals surface area contributed by atoms with Crippen molar-refractivity contribution in [2.45, 2.75) is 51.0 Å². The number of primary amides is 1. The molecule has 38 heavy (non-hydrogen) atoms. The Kier molecular flexibility index (Phi) is 7.11. The van der Waals surface area contributed by atoms with Crippen LogP contribution in [0, 0.1) is 29.6 Å². The number of likely N-dealkylation sites (N-methyl/N-ethyl adjacent to an activating group) is 1. The predicted octanol–water partition coefficient (Wildman–Crippen LogP) is -0.856. The second-order valence-corrected chi connectivity index (χ2v) is 11.4. The summed E-state index contributed by atoms with van der Waals surface area (Å²) in [7, 11) is 2.91. The third-order valence-corrected chi connectivity index (χ3v) is 8.44. The van der Waals surface area contributed by atoms with Gasteiger partial charge in [-0.05, 0) is 38.0 Å². The third kappa shape index (κ3) is 3.83. The average molecular weight is 530 g/mol. The maximum absolute atomic E-state index is 13.9. The number of rotatable bonds is 6. The third-order valence-electron chi connectivity index (χ3n) is 8.44. The van der Waals surface area contributed by atoms with Crippen molar-refractivity contribution >= 4 is 29.0 Å². The molecule has 206 valence electrons. The number of aliphatic hydroxyl groups excluding tert-OH is 1. The number of fused-ring (bicyclic) bond motifs is 3. The fourth-order valence-corrected chi connectivity index (χ4v) is 6.67. The van der Waals surface area contributed by atoms with E-state index in [4.69, 9.17) is 5.73 Å². The molecule has 0 bridgehead atoms. The van der Waals surface area contributed by atoms with Crippen molar-refractivity contribution in [3.8, 4) is 5.75 Å². The van der Waals surface area contributed by atoms with Gasteiger partial charge in [0, 0.05) is 18.0 Å². The van der Waals surface area contributed by atoms with E-state index in [1.165, 1.54) is 19.0 Å². The minimum atomic E-state index is -3.00. The Morgan fingerprint density at radius 2 is 1.79 bits per heavy atom. The first-order chi connectivity index (χ1) is 17.7. The molecule has 4 rings (SSSR count). The van der Waals surface area contributed by atoms with Crippen molar-refractivity contribution in [1.29, 1.82) is 0 Å². The van der Waals surface area contributed by atoms with Crippen molar-refractivity contribution in [1.82, 2.24) is 10.2 Å². The Balaban J connectivity index is 1.85. The molecule has 0 radical (unpaired) electrons. The van der Waals surface area contributed by atoms with Gasteiger partial charge in [0.15, 0.2) is 34.7 Å². The van der Waals surface area contributed by atoms with E-state index in [2.05, 4.69) is 5.32 Å². The summed E-state index contributed by atoms with van der Waals surface area (Å²) in [6, 6.07) is 1.95. The fourth-order valence-electron chi connectivity index (χ4n) is 6.67. The lowest BCUT2D eigenvalue weighted by Gasteiger charge is -2.56. The summed E-state index contributed by atoms with van der Waals surface area (Å²) in [4.78, 5) is 67.7. The van der Waals surface area contributed by atoms with Gasteiger partial charge in [-0.3, -0.25) is 28.9 Å². The Morgan fingerprint density at radius 3 is 2.34 bits per heavy atom. The number of carbonyl (C=O) groups is 5. The first kappa shape index (κ1) is 28.0. The van der Waals surface area contributed by atoms with E-state index in [9.17, 15) is 39.3 Å². The van der Waals surface area contributed by atoms with Gasteiger partial charge in [-0.2, -0.15) is 0 Å². The van der Waals surface area contributed by atoms with Gasteiger partial charge in [0.1, 0.15) is 5.75 Å². The summed E-state index contributed by atoms with van der Waals surface area (Å²) in [5, 5.41) is 37.5. The van der Waals surface area contributed by atoms with E-state index >= 15 is 0 Å². The van der Waals surface area contributed by atoms with Gasteiger partial charge in [-0.25, -0.2) is 0 Å². The number of nitrogens with one attached hydrogen (secondary N) is 1. The molecule has 1 aromatic rings. The molecule has 4 unspecified atom stereocenters. The Bertz CT molecular complexity index is 1230. The smallest absolute Gasteiger partial charge is 0.235 e. The number of aliphatic hydroxyl groups is 2. The summed E-state index contributed by atoms with van der Waals surface area (Å²) in [6.07, 6.45) is -1.64. The van der Waals surface area contributed by atoms with Crippen LogP contribution in [0.2, 0.25) is 0 Å². The average Bonchev–Trinajstić information content (AvgIpc) is 2.82. The van der Waals surface area contributed by atoms with Crippen molar-refractivity contribution in [3.05, 3.63) is 28.8 Å². The standard InChI is InChI=1S/C27H35N3O8/c1-10(2)8-29-9-12-6-7-13-11(3)14-16(21(32)15(13)20(12)31)24(35)27(38)18(22(14)33)19(30(4)5)23(34)17(25(27)36)26(28)37/h6-7,10-11,14,16-19,22,29,31,33,38H,8-9H2,1-5H3,(H2,28,37)/t11-,14?,16?,17?,18?,19-,22-,27-/m0/s1. The van der Waals surface area contributed by atoms with E-state index in [1.807, 2.05) is 13.8 Å². The summed E-state index contributed by atoms with van der Waals surface area (Å²) in [5.41, 5.74) is 3.08. The molecule has 0 spiro atoms. The van der Waals surface area contributed by atoms with Crippen LogP contribution in [0.25, 0.3) is 0 Å². The highest BCUT2D eigenvalue weighted by Gasteiger charge is 2.72. The summed E-state index contributed by atoms with van der Waals surface area (Å²) < 4.78 is 0. The summed E-state index contributed by atoms with van der Waals surface area (Å²) in [5.74, 6) is -12.8. The van der Waals surface area contributed by atoms with Crippen LogP contribution in [-0.4, -0.2) is 87.6 Å². The van der Waals surface area contributed by atoms with Crippen LogP contribution in [-0.2, 0) is 25.7 Å². The largest absolute Gasteiger partial charge is 0.507 e. The molecule has 11 nitrogen and oxygen atoms in total. The van der Waals surface area contributed by atoms with E-state index < -0.39 is 76.4 Å². The molecule has 3 aliphatic rings. The maximum atomic E-state index is 13.9. The molecule has 3 aliphatic carbocycles. The number of hydrogen-bond acceptors (Lipinski definition) is 10. The SMILES string of the molecule is CC(C)CNCc1ccc2c(c1O)C(=O)C1C(=O)[C@]3(O)C(=O)C(C(N)=O)C(=O)[C@@H](N(C)C)C3[C@@H](O)C1[C@H]2C. The minimum Gasteiger partial charge on any atom is -0.507 e. The van der Waals surface area contributed by atoms with Crippen molar-refractivity contribution in [2.75, 3.05) is 20.6 Å². The summed E-state index contributed by atoms with van der Waals surface area (Å²) >= 11 is 0. The molecule has 2 fully saturated rings. The van der Waals surface area contributed by atoms with Gasteiger partial charge in [0.25, 0.3) is 0 Å². The molecule has 0 saturated heterocycles. The molecule has 8 atom stereocenters. The molecule has 0 heterocycles. The second kappa shape index (κ2) is 9.64. The van der Waals surface area contributed by atoms with Crippen molar-refractivity contribution in [2.24, 2.45) is 35.3 Å². The van der Waals surface area contributed by atoms with Gasteiger partial charge < -0.3 is 26.4 Å². The van der Waals surface area contributed by atoms with E-state index in [1.54, 1.807) is 19.1 Å². The molecular formula is C27H35N3O8. The lowest BCUT2D eigenvalue weighted by Crippen LogP contribution is -2.77. The van der Waals surface area contributed by atoms with Gasteiger partial charge >= 0.3 is 0 Å².